The molecule has 28 heavy (non-hydrogen) atoms. The Labute approximate surface area is 167 Å². The molecule has 1 saturated heterocycles. The smallest absolute Gasteiger partial charge is 0.242 e. The van der Waals surface area contributed by atoms with Crippen molar-refractivity contribution in [2.75, 3.05) is 13.1 Å². The number of carbonyl (C=O) groups excluding carboxylic acids is 4. The molecule has 2 bridgehead atoms. The molecule has 2 aliphatic rings. The van der Waals surface area contributed by atoms with Crippen LogP contribution in [0.3, 0.4) is 0 Å². The van der Waals surface area contributed by atoms with Crippen molar-refractivity contribution >= 4 is 23.5 Å². The molecular formula is C21H33N3O4. The lowest BCUT2D eigenvalue weighted by molar-refractivity contribution is -0.130. The molecule has 1 fully saturated rings. The summed E-state index contributed by atoms with van der Waals surface area (Å²) in [6.07, 6.45) is 11.8. The van der Waals surface area contributed by atoms with Gasteiger partial charge in [0, 0.05) is 25.8 Å². The fourth-order valence-electron chi connectivity index (χ4n) is 3.60. The maximum Gasteiger partial charge on any atom is 0.242 e. The third-order valence-electron chi connectivity index (χ3n) is 5.29. The number of allylic oxidation sites excluding steroid dienone is 2. The first kappa shape index (κ1) is 22.1. The van der Waals surface area contributed by atoms with Gasteiger partial charge in [-0.05, 0) is 44.4 Å². The number of ketones is 1. The van der Waals surface area contributed by atoms with Crippen molar-refractivity contribution in [1.82, 2.24) is 16.0 Å². The minimum Gasteiger partial charge on any atom is -0.354 e. The number of fused-ring (bicyclic) bond motifs is 7. The predicted octanol–water partition coefficient (Wildman–Crippen LogP) is 1.76. The van der Waals surface area contributed by atoms with Crippen LogP contribution in [0.15, 0.2) is 12.2 Å². The van der Waals surface area contributed by atoms with Crippen LogP contribution in [0.4, 0.5) is 0 Å². The molecule has 0 aromatic heterocycles. The molecule has 3 amide bonds. The number of carbonyl (C=O) groups is 4. The topological polar surface area (TPSA) is 104 Å². The molecule has 2 unspecified atom stereocenters. The number of rotatable bonds is 0. The fraction of sp³-hybridized carbons (Fsp3) is 0.714. The zero-order valence-electron chi connectivity index (χ0n) is 16.6. The second kappa shape index (κ2) is 12.3. The summed E-state index contributed by atoms with van der Waals surface area (Å²) in [5, 5.41) is 8.26. The Morgan fingerprint density at radius 3 is 2.54 bits per heavy atom. The monoisotopic (exact) mass is 391 g/mol. The highest BCUT2D eigenvalue weighted by Crippen LogP contribution is 2.17. The highest BCUT2D eigenvalue weighted by atomic mass is 16.2. The Kier molecular flexibility index (Phi) is 9.72. The van der Waals surface area contributed by atoms with Crippen LogP contribution >= 0.6 is 0 Å². The van der Waals surface area contributed by atoms with Crippen molar-refractivity contribution in [2.24, 2.45) is 5.92 Å². The maximum absolute atomic E-state index is 12.5. The quantitative estimate of drug-likeness (QED) is 0.547. The molecule has 2 atom stereocenters. The van der Waals surface area contributed by atoms with E-state index in [1.165, 1.54) is 0 Å². The molecular weight excluding hydrogens is 358 g/mol. The highest BCUT2D eigenvalue weighted by molar-refractivity contribution is 5.90. The fourth-order valence-corrected chi connectivity index (χ4v) is 3.60. The van der Waals surface area contributed by atoms with E-state index >= 15 is 0 Å². The van der Waals surface area contributed by atoms with Gasteiger partial charge in [0.1, 0.15) is 11.8 Å². The van der Waals surface area contributed by atoms with Gasteiger partial charge in [-0.2, -0.15) is 0 Å². The van der Waals surface area contributed by atoms with Crippen LogP contribution in [0.2, 0.25) is 0 Å². The van der Waals surface area contributed by atoms with E-state index in [0.717, 1.165) is 38.5 Å². The van der Waals surface area contributed by atoms with Crippen molar-refractivity contribution in [3.8, 4) is 0 Å². The molecule has 7 nitrogen and oxygen atoms in total. The summed E-state index contributed by atoms with van der Waals surface area (Å²) in [6, 6.07) is -0.588. The summed E-state index contributed by atoms with van der Waals surface area (Å²) in [6.45, 7) is 0.360. The van der Waals surface area contributed by atoms with E-state index in [-0.39, 0.29) is 42.4 Å². The van der Waals surface area contributed by atoms with Gasteiger partial charge in [0.15, 0.2) is 0 Å². The molecule has 0 aromatic rings. The molecule has 0 spiro atoms. The van der Waals surface area contributed by atoms with Gasteiger partial charge in [0.05, 0.1) is 6.54 Å². The second-order valence-corrected chi connectivity index (χ2v) is 7.75. The number of nitrogens with one attached hydrogen (secondary N) is 3. The minimum atomic E-state index is -0.588. The molecule has 3 N–H and O–H groups in total. The van der Waals surface area contributed by atoms with Gasteiger partial charge in [0.2, 0.25) is 17.7 Å². The van der Waals surface area contributed by atoms with E-state index < -0.39 is 6.04 Å². The number of Topliss-reactive ketones (excluding diaryl/α,β-unsaturated/α-hetero) is 1. The molecule has 0 aromatic carbocycles. The van der Waals surface area contributed by atoms with Crippen molar-refractivity contribution in [3.63, 3.8) is 0 Å². The summed E-state index contributed by atoms with van der Waals surface area (Å²) >= 11 is 0. The SMILES string of the molecule is O=C1CCCCNC(=O)C2CCCCC/C=C\C(CC1)CC(=O)NCC(=O)N2. The lowest BCUT2D eigenvalue weighted by atomic mass is 9.95. The summed E-state index contributed by atoms with van der Waals surface area (Å²) in [4.78, 5) is 49.1. The average molecular weight is 392 g/mol. The summed E-state index contributed by atoms with van der Waals surface area (Å²) in [7, 11) is 0. The standard InChI is InChI=1S/C21H33N3O4/c25-17-9-6-7-13-22-21(28)18-10-5-3-1-2-4-8-16(11-12-17)14-19(26)23-15-20(27)24-18/h4,8,16,18H,1-3,5-7,9-15H2,(H,22,28)(H,23,26)(H,24,27)/b8-4-. The molecule has 0 radical (unpaired) electrons. The third-order valence-corrected chi connectivity index (χ3v) is 5.29. The van der Waals surface area contributed by atoms with E-state index in [1.807, 2.05) is 6.08 Å². The minimum absolute atomic E-state index is 0.00353. The van der Waals surface area contributed by atoms with Crippen LogP contribution in [0.25, 0.3) is 0 Å². The molecule has 2 heterocycles. The Morgan fingerprint density at radius 1 is 0.821 bits per heavy atom. The Morgan fingerprint density at radius 2 is 1.68 bits per heavy atom. The second-order valence-electron chi connectivity index (χ2n) is 7.75. The first-order valence-corrected chi connectivity index (χ1v) is 10.6. The number of hydrogen-bond acceptors (Lipinski definition) is 4. The molecule has 0 aliphatic carbocycles. The van der Waals surface area contributed by atoms with Crippen LogP contribution in [0, 0.1) is 5.92 Å². The Balaban J connectivity index is 2.16. The van der Waals surface area contributed by atoms with E-state index in [0.29, 0.717) is 32.2 Å². The Hall–Kier alpha value is -2.18. The van der Waals surface area contributed by atoms with Gasteiger partial charge in [-0.3, -0.25) is 19.2 Å². The summed E-state index contributed by atoms with van der Waals surface area (Å²) in [5.74, 6) is -0.555. The molecule has 0 saturated carbocycles. The molecule has 2 rings (SSSR count). The average Bonchev–Trinajstić information content (AvgIpc) is 2.67. The van der Waals surface area contributed by atoms with Gasteiger partial charge in [-0.15, -0.1) is 0 Å². The van der Waals surface area contributed by atoms with E-state index in [4.69, 9.17) is 0 Å². The largest absolute Gasteiger partial charge is 0.354 e. The summed E-state index contributed by atoms with van der Waals surface area (Å²) in [5.41, 5.74) is 0. The zero-order valence-corrected chi connectivity index (χ0v) is 16.6. The number of amides is 3. The van der Waals surface area contributed by atoms with E-state index in [1.54, 1.807) is 0 Å². The molecule has 156 valence electrons. The summed E-state index contributed by atoms with van der Waals surface area (Å²) < 4.78 is 0. The predicted molar refractivity (Wildman–Crippen MR) is 106 cm³/mol. The molecule has 7 heteroatoms. The normalized spacial score (nSPS) is 28.3. The van der Waals surface area contributed by atoms with Crippen LogP contribution in [0.5, 0.6) is 0 Å². The van der Waals surface area contributed by atoms with Gasteiger partial charge >= 0.3 is 0 Å². The zero-order chi connectivity index (χ0) is 20.2. The maximum atomic E-state index is 12.5. The van der Waals surface area contributed by atoms with Crippen LogP contribution in [-0.4, -0.2) is 42.6 Å². The first-order valence-electron chi connectivity index (χ1n) is 10.6. The first-order chi connectivity index (χ1) is 13.5. The van der Waals surface area contributed by atoms with Crippen LogP contribution in [0.1, 0.15) is 70.6 Å². The third kappa shape index (κ3) is 8.67. The van der Waals surface area contributed by atoms with Crippen molar-refractivity contribution in [3.05, 3.63) is 12.2 Å². The van der Waals surface area contributed by atoms with E-state index in [9.17, 15) is 19.2 Å². The van der Waals surface area contributed by atoms with Gasteiger partial charge in [0.25, 0.3) is 0 Å². The van der Waals surface area contributed by atoms with Gasteiger partial charge in [-0.25, -0.2) is 0 Å². The van der Waals surface area contributed by atoms with Crippen molar-refractivity contribution < 1.29 is 19.2 Å². The molecule has 2 aliphatic heterocycles. The van der Waals surface area contributed by atoms with Gasteiger partial charge < -0.3 is 16.0 Å². The van der Waals surface area contributed by atoms with Crippen molar-refractivity contribution in [1.29, 1.82) is 0 Å². The highest BCUT2D eigenvalue weighted by Gasteiger charge is 2.21. The lowest BCUT2D eigenvalue weighted by Crippen LogP contribution is -2.49. The van der Waals surface area contributed by atoms with Crippen LogP contribution < -0.4 is 16.0 Å². The van der Waals surface area contributed by atoms with E-state index in [2.05, 4.69) is 22.0 Å². The Bertz CT molecular complexity index is 588. The lowest BCUT2D eigenvalue weighted by Gasteiger charge is -2.19. The van der Waals surface area contributed by atoms with Crippen molar-refractivity contribution in [2.45, 2.75) is 76.7 Å². The van der Waals surface area contributed by atoms with Gasteiger partial charge in [-0.1, -0.05) is 25.0 Å². The van der Waals surface area contributed by atoms with Crippen LogP contribution in [-0.2, 0) is 19.2 Å². The number of hydrogen-bond donors (Lipinski definition) is 3.